The average Bonchev–Trinajstić information content (AvgIpc) is 2.94. The molecule has 106 valence electrons. The predicted molar refractivity (Wildman–Crippen MR) is 66.7 cm³/mol. The van der Waals surface area contributed by atoms with Crippen LogP contribution in [0.5, 0.6) is 5.75 Å². The highest BCUT2D eigenvalue weighted by Gasteiger charge is 2.19. The lowest BCUT2D eigenvalue weighted by molar-refractivity contribution is 0.420. The molecule has 2 aromatic carbocycles. The molecule has 0 amide bonds. The summed E-state index contributed by atoms with van der Waals surface area (Å²) in [7, 11) is 0. The molecule has 1 aromatic heterocycles. The standard InChI is InChI=1S/C14H7F3N2O2/c15-10-5-4-9(11(16)12(10)17)14-18-13(19-21-14)7-2-1-3-8(20)6-7/h1-6,20H. The van der Waals surface area contributed by atoms with Gasteiger partial charge in [0.1, 0.15) is 5.75 Å². The first-order valence-corrected chi connectivity index (χ1v) is 5.83. The summed E-state index contributed by atoms with van der Waals surface area (Å²) in [5.74, 6) is -4.51. The first-order valence-electron chi connectivity index (χ1n) is 5.83. The van der Waals surface area contributed by atoms with Gasteiger partial charge in [-0.1, -0.05) is 17.3 Å². The highest BCUT2D eigenvalue weighted by molar-refractivity contribution is 5.61. The van der Waals surface area contributed by atoms with Crippen LogP contribution in [-0.4, -0.2) is 15.2 Å². The maximum absolute atomic E-state index is 13.6. The molecule has 0 aliphatic rings. The Morgan fingerprint density at radius 1 is 1.00 bits per heavy atom. The van der Waals surface area contributed by atoms with Crippen LogP contribution in [0.2, 0.25) is 0 Å². The van der Waals surface area contributed by atoms with Crippen LogP contribution >= 0.6 is 0 Å². The predicted octanol–water partition coefficient (Wildman–Crippen LogP) is 3.53. The fraction of sp³-hybridized carbons (Fsp3) is 0. The Morgan fingerprint density at radius 3 is 2.57 bits per heavy atom. The first-order chi connectivity index (χ1) is 10.1. The van der Waals surface area contributed by atoms with E-state index in [4.69, 9.17) is 4.52 Å². The molecule has 21 heavy (non-hydrogen) atoms. The summed E-state index contributed by atoms with van der Waals surface area (Å²) >= 11 is 0. The van der Waals surface area contributed by atoms with E-state index < -0.39 is 17.5 Å². The average molecular weight is 292 g/mol. The molecule has 0 spiro atoms. The van der Waals surface area contributed by atoms with Crippen LogP contribution in [0.15, 0.2) is 40.9 Å². The van der Waals surface area contributed by atoms with E-state index in [9.17, 15) is 18.3 Å². The van der Waals surface area contributed by atoms with Crippen molar-refractivity contribution < 1.29 is 22.8 Å². The Bertz CT molecular complexity index is 818. The van der Waals surface area contributed by atoms with E-state index in [1.807, 2.05) is 0 Å². The zero-order chi connectivity index (χ0) is 15.0. The molecule has 0 fully saturated rings. The van der Waals surface area contributed by atoms with Crippen molar-refractivity contribution in [3.05, 3.63) is 53.8 Å². The molecule has 3 rings (SSSR count). The molecule has 0 aliphatic carbocycles. The Morgan fingerprint density at radius 2 is 1.81 bits per heavy atom. The van der Waals surface area contributed by atoms with Gasteiger partial charge in [-0.05, 0) is 24.3 Å². The maximum Gasteiger partial charge on any atom is 0.261 e. The van der Waals surface area contributed by atoms with Gasteiger partial charge in [-0.2, -0.15) is 4.98 Å². The third-order valence-corrected chi connectivity index (χ3v) is 2.80. The van der Waals surface area contributed by atoms with Gasteiger partial charge in [-0.25, -0.2) is 13.2 Å². The largest absolute Gasteiger partial charge is 0.508 e. The Balaban J connectivity index is 2.05. The topological polar surface area (TPSA) is 59.2 Å². The maximum atomic E-state index is 13.6. The van der Waals surface area contributed by atoms with Crippen molar-refractivity contribution >= 4 is 0 Å². The first kappa shape index (κ1) is 13.2. The Kier molecular flexibility index (Phi) is 3.09. The Hall–Kier alpha value is -2.83. The van der Waals surface area contributed by atoms with E-state index in [2.05, 4.69) is 10.1 Å². The van der Waals surface area contributed by atoms with Gasteiger partial charge in [0.25, 0.3) is 5.89 Å². The molecule has 0 aliphatic heterocycles. The second-order valence-electron chi connectivity index (χ2n) is 4.20. The molecule has 0 unspecified atom stereocenters. The molecule has 0 atom stereocenters. The quantitative estimate of drug-likeness (QED) is 0.734. The summed E-state index contributed by atoms with van der Waals surface area (Å²) in [6.45, 7) is 0. The van der Waals surface area contributed by atoms with Crippen molar-refractivity contribution in [3.63, 3.8) is 0 Å². The number of hydrogen-bond acceptors (Lipinski definition) is 4. The van der Waals surface area contributed by atoms with Gasteiger partial charge in [0.2, 0.25) is 5.82 Å². The monoisotopic (exact) mass is 292 g/mol. The summed E-state index contributed by atoms with van der Waals surface area (Å²) in [5.41, 5.74) is 0.0980. The summed E-state index contributed by atoms with van der Waals surface area (Å²) in [4.78, 5) is 3.91. The van der Waals surface area contributed by atoms with Crippen molar-refractivity contribution in [2.45, 2.75) is 0 Å². The number of phenolic OH excluding ortho intramolecular Hbond substituents is 1. The van der Waals surface area contributed by atoms with Crippen LogP contribution in [0.25, 0.3) is 22.8 Å². The van der Waals surface area contributed by atoms with Gasteiger partial charge in [0, 0.05) is 5.56 Å². The van der Waals surface area contributed by atoms with Crippen molar-refractivity contribution in [1.82, 2.24) is 10.1 Å². The van der Waals surface area contributed by atoms with E-state index in [-0.39, 0.29) is 23.0 Å². The molecule has 0 saturated carbocycles. The Labute approximate surface area is 116 Å². The number of benzene rings is 2. The molecule has 3 aromatic rings. The molecule has 1 N–H and O–H groups in total. The smallest absolute Gasteiger partial charge is 0.261 e. The molecular weight excluding hydrogens is 285 g/mol. The summed E-state index contributed by atoms with van der Waals surface area (Å²) in [5, 5.41) is 13.0. The number of aromatic nitrogens is 2. The second kappa shape index (κ2) is 4.93. The summed E-state index contributed by atoms with van der Waals surface area (Å²) < 4.78 is 44.6. The summed E-state index contributed by atoms with van der Waals surface area (Å²) in [6.07, 6.45) is 0. The molecule has 0 radical (unpaired) electrons. The van der Waals surface area contributed by atoms with Gasteiger partial charge >= 0.3 is 0 Å². The molecule has 4 nitrogen and oxygen atoms in total. The summed E-state index contributed by atoms with van der Waals surface area (Å²) in [6, 6.07) is 7.80. The number of nitrogens with zero attached hydrogens (tertiary/aromatic N) is 2. The highest BCUT2D eigenvalue weighted by atomic mass is 19.2. The lowest BCUT2D eigenvalue weighted by Gasteiger charge is -1.99. The third-order valence-electron chi connectivity index (χ3n) is 2.80. The lowest BCUT2D eigenvalue weighted by Crippen LogP contribution is -1.94. The van der Waals surface area contributed by atoms with Gasteiger partial charge in [-0.3, -0.25) is 0 Å². The van der Waals surface area contributed by atoms with Crippen LogP contribution in [0.1, 0.15) is 0 Å². The van der Waals surface area contributed by atoms with Gasteiger partial charge in [0.05, 0.1) is 5.56 Å². The van der Waals surface area contributed by atoms with Crippen LogP contribution < -0.4 is 0 Å². The van der Waals surface area contributed by atoms with E-state index in [0.29, 0.717) is 5.56 Å². The number of halogens is 3. The number of aromatic hydroxyl groups is 1. The minimum Gasteiger partial charge on any atom is -0.508 e. The van der Waals surface area contributed by atoms with Crippen LogP contribution in [0, 0.1) is 17.5 Å². The van der Waals surface area contributed by atoms with Crippen molar-refractivity contribution in [1.29, 1.82) is 0 Å². The molecule has 7 heteroatoms. The minimum atomic E-state index is -1.61. The minimum absolute atomic E-state index is 0.00198. The fourth-order valence-electron chi connectivity index (χ4n) is 1.79. The molecule has 1 heterocycles. The molecule has 0 saturated heterocycles. The van der Waals surface area contributed by atoms with Crippen molar-refractivity contribution in [3.8, 4) is 28.6 Å². The lowest BCUT2D eigenvalue weighted by atomic mass is 10.2. The normalized spacial score (nSPS) is 10.8. The number of rotatable bonds is 2. The van der Waals surface area contributed by atoms with E-state index in [0.717, 1.165) is 12.1 Å². The van der Waals surface area contributed by atoms with Crippen molar-refractivity contribution in [2.24, 2.45) is 0 Å². The molecule has 0 bridgehead atoms. The van der Waals surface area contributed by atoms with E-state index in [1.54, 1.807) is 12.1 Å². The van der Waals surface area contributed by atoms with Crippen LogP contribution in [0.4, 0.5) is 13.2 Å². The van der Waals surface area contributed by atoms with E-state index >= 15 is 0 Å². The van der Waals surface area contributed by atoms with Crippen LogP contribution in [-0.2, 0) is 0 Å². The fourth-order valence-corrected chi connectivity index (χ4v) is 1.79. The van der Waals surface area contributed by atoms with Crippen LogP contribution in [0.3, 0.4) is 0 Å². The van der Waals surface area contributed by atoms with Gasteiger partial charge < -0.3 is 9.63 Å². The molecular formula is C14H7F3N2O2. The number of phenols is 1. The van der Waals surface area contributed by atoms with E-state index in [1.165, 1.54) is 12.1 Å². The highest BCUT2D eigenvalue weighted by Crippen LogP contribution is 2.27. The van der Waals surface area contributed by atoms with Crippen molar-refractivity contribution in [2.75, 3.05) is 0 Å². The van der Waals surface area contributed by atoms with Gasteiger partial charge in [0.15, 0.2) is 17.5 Å². The SMILES string of the molecule is Oc1cccc(-c2noc(-c3ccc(F)c(F)c3F)n2)c1. The van der Waals surface area contributed by atoms with Gasteiger partial charge in [-0.15, -0.1) is 0 Å². The zero-order valence-electron chi connectivity index (χ0n) is 10.3. The zero-order valence-corrected chi connectivity index (χ0v) is 10.3. The third kappa shape index (κ3) is 2.33. The second-order valence-corrected chi connectivity index (χ2v) is 4.20. The number of hydrogen-bond donors (Lipinski definition) is 1.